The number of pyridine rings is 1. The van der Waals surface area contributed by atoms with Crippen LogP contribution in [0.2, 0.25) is 0 Å². The number of ether oxygens (including phenoxy) is 1. The Bertz CT molecular complexity index is 1180. The molecule has 3 aromatic rings. The Kier molecular flexibility index (Phi) is 5.03. The number of rotatable bonds is 5. The predicted octanol–water partition coefficient (Wildman–Crippen LogP) is 4.13. The van der Waals surface area contributed by atoms with Crippen molar-refractivity contribution in [2.45, 2.75) is 26.8 Å². The molecule has 0 aliphatic carbocycles. The summed E-state index contributed by atoms with van der Waals surface area (Å²) in [6.07, 6.45) is 1.59. The van der Waals surface area contributed by atoms with Crippen LogP contribution in [0.15, 0.2) is 47.9 Å². The van der Waals surface area contributed by atoms with Gasteiger partial charge in [0.05, 0.1) is 28.6 Å². The molecule has 1 N–H and O–H groups in total. The summed E-state index contributed by atoms with van der Waals surface area (Å²) in [5.74, 6) is -1.15. The van der Waals surface area contributed by atoms with E-state index in [9.17, 15) is 14.7 Å². The molecule has 1 aromatic carbocycles. The van der Waals surface area contributed by atoms with Gasteiger partial charge >= 0.3 is 0 Å². The zero-order valence-corrected chi connectivity index (χ0v) is 17.9. The van der Waals surface area contributed by atoms with E-state index < -0.39 is 17.7 Å². The monoisotopic (exact) mass is 423 g/mol. The molecule has 0 spiro atoms. The van der Waals surface area contributed by atoms with Crippen LogP contribution in [0.3, 0.4) is 0 Å². The van der Waals surface area contributed by atoms with E-state index in [1.807, 2.05) is 19.1 Å². The number of nitrogens with zero attached hydrogens (tertiary/aromatic N) is 3. The lowest BCUT2D eigenvalue weighted by Crippen LogP contribution is -2.31. The molecular formula is C22H21N3O4S. The number of ketones is 1. The van der Waals surface area contributed by atoms with Crippen molar-refractivity contribution in [1.29, 1.82) is 0 Å². The highest BCUT2D eigenvalue weighted by Crippen LogP contribution is 2.44. The summed E-state index contributed by atoms with van der Waals surface area (Å²) in [7, 11) is 1.60. The lowest BCUT2D eigenvalue weighted by atomic mass is 9.94. The molecule has 154 valence electrons. The van der Waals surface area contributed by atoms with Gasteiger partial charge in [0.25, 0.3) is 5.91 Å². The van der Waals surface area contributed by atoms with Crippen molar-refractivity contribution in [3.8, 4) is 5.75 Å². The molecule has 1 aliphatic rings. The third-order valence-electron chi connectivity index (χ3n) is 5.07. The van der Waals surface area contributed by atoms with Crippen LogP contribution in [0.4, 0.5) is 5.13 Å². The summed E-state index contributed by atoms with van der Waals surface area (Å²) in [6.45, 7) is 5.39. The molecule has 0 fully saturated rings. The number of carbonyl (C=O) groups excluding carboxylic acids is 2. The van der Waals surface area contributed by atoms with Gasteiger partial charge in [0, 0.05) is 12.1 Å². The maximum absolute atomic E-state index is 13.1. The number of aliphatic hydroxyl groups excluding tert-OH is 1. The van der Waals surface area contributed by atoms with Crippen LogP contribution in [0.1, 0.15) is 31.1 Å². The van der Waals surface area contributed by atoms with Crippen LogP contribution in [0, 0.1) is 12.8 Å². The highest BCUT2D eigenvalue weighted by atomic mass is 32.1. The molecule has 0 bridgehead atoms. The number of hydrogen-bond donors (Lipinski definition) is 1. The average Bonchev–Trinajstić information content (AvgIpc) is 3.25. The van der Waals surface area contributed by atoms with E-state index in [-0.39, 0.29) is 17.3 Å². The Hall–Kier alpha value is -3.26. The molecule has 8 heteroatoms. The second kappa shape index (κ2) is 7.53. The summed E-state index contributed by atoms with van der Waals surface area (Å²) in [6, 6.07) is 8.19. The number of anilines is 1. The molecule has 0 saturated heterocycles. The number of fused-ring (bicyclic) bond motifs is 1. The first kappa shape index (κ1) is 20.0. The summed E-state index contributed by atoms with van der Waals surface area (Å²) in [5.41, 5.74) is 2.19. The maximum Gasteiger partial charge on any atom is 0.296 e. The van der Waals surface area contributed by atoms with E-state index in [4.69, 9.17) is 4.74 Å². The lowest BCUT2D eigenvalue weighted by molar-refractivity contribution is -0.119. The molecule has 1 amide bonds. The van der Waals surface area contributed by atoms with Gasteiger partial charge in [0.1, 0.15) is 11.8 Å². The van der Waals surface area contributed by atoms with Crippen molar-refractivity contribution >= 4 is 38.4 Å². The van der Waals surface area contributed by atoms with Crippen molar-refractivity contribution in [3.63, 3.8) is 0 Å². The van der Waals surface area contributed by atoms with Crippen molar-refractivity contribution in [2.24, 2.45) is 5.92 Å². The minimum Gasteiger partial charge on any atom is -0.503 e. The van der Waals surface area contributed by atoms with Gasteiger partial charge in [-0.25, -0.2) is 4.98 Å². The summed E-state index contributed by atoms with van der Waals surface area (Å²) in [4.78, 5) is 36.3. The molecule has 4 rings (SSSR count). The van der Waals surface area contributed by atoms with Gasteiger partial charge in [-0.05, 0) is 36.8 Å². The number of methoxy groups -OCH3 is 1. The second-order valence-corrected chi connectivity index (χ2v) is 8.41. The third-order valence-corrected chi connectivity index (χ3v) is 6.08. The average molecular weight is 423 g/mol. The summed E-state index contributed by atoms with van der Waals surface area (Å²) < 4.78 is 6.22. The van der Waals surface area contributed by atoms with Gasteiger partial charge in [0.15, 0.2) is 16.7 Å². The fourth-order valence-corrected chi connectivity index (χ4v) is 4.56. The zero-order chi connectivity index (χ0) is 21.6. The van der Waals surface area contributed by atoms with Gasteiger partial charge in [-0.3, -0.25) is 19.5 Å². The van der Waals surface area contributed by atoms with E-state index in [1.54, 1.807) is 45.4 Å². The number of benzene rings is 1. The SMILES string of the molecule is COc1cc2sc(N3C(=O)C(O)=C(C(=O)C(C)C)C3c3ccccn3)nc2cc1C. The fraction of sp³-hybridized carbons (Fsp3) is 0.273. The Morgan fingerprint density at radius 1 is 1.30 bits per heavy atom. The second-order valence-electron chi connectivity index (χ2n) is 7.40. The van der Waals surface area contributed by atoms with Crippen LogP contribution in [0.25, 0.3) is 10.2 Å². The summed E-state index contributed by atoms with van der Waals surface area (Å²) >= 11 is 1.30. The first-order valence-electron chi connectivity index (χ1n) is 9.50. The third kappa shape index (κ3) is 3.13. The fourth-order valence-electron chi connectivity index (χ4n) is 3.55. The topological polar surface area (TPSA) is 92.6 Å². The van der Waals surface area contributed by atoms with E-state index in [2.05, 4.69) is 9.97 Å². The molecule has 3 heterocycles. The van der Waals surface area contributed by atoms with Crippen LogP contribution in [0.5, 0.6) is 5.75 Å². The Morgan fingerprint density at radius 3 is 2.70 bits per heavy atom. The number of carbonyl (C=O) groups is 2. The number of hydrogen-bond acceptors (Lipinski definition) is 7. The van der Waals surface area contributed by atoms with E-state index >= 15 is 0 Å². The lowest BCUT2D eigenvalue weighted by Gasteiger charge is -2.24. The first-order valence-corrected chi connectivity index (χ1v) is 10.3. The van der Waals surface area contributed by atoms with Gasteiger partial charge < -0.3 is 9.84 Å². The Labute approximate surface area is 177 Å². The highest BCUT2D eigenvalue weighted by molar-refractivity contribution is 7.22. The minimum atomic E-state index is -0.836. The van der Waals surface area contributed by atoms with Crippen LogP contribution in [-0.2, 0) is 9.59 Å². The molecule has 7 nitrogen and oxygen atoms in total. The van der Waals surface area contributed by atoms with Gasteiger partial charge in [-0.1, -0.05) is 31.3 Å². The van der Waals surface area contributed by atoms with Crippen molar-refractivity contribution in [3.05, 3.63) is 59.1 Å². The standard InChI is InChI=1S/C22H21N3O4S/c1-11(2)19(26)17-18(13-7-5-6-8-23-13)25(21(28)20(17)27)22-24-14-9-12(3)15(29-4)10-16(14)30-22/h5-11,18,27H,1-4H3. The van der Waals surface area contributed by atoms with Crippen LogP contribution in [-0.4, -0.2) is 33.9 Å². The number of aryl methyl sites for hydroxylation is 1. The molecule has 2 aromatic heterocycles. The number of aromatic nitrogens is 2. The summed E-state index contributed by atoms with van der Waals surface area (Å²) in [5, 5.41) is 11.0. The Balaban J connectivity index is 1.89. The first-order chi connectivity index (χ1) is 14.3. The van der Waals surface area contributed by atoms with Crippen molar-refractivity contribution in [1.82, 2.24) is 9.97 Å². The van der Waals surface area contributed by atoms with Crippen molar-refractivity contribution in [2.75, 3.05) is 12.0 Å². The van der Waals surface area contributed by atoms with Gasteiger partial charge in [0.2, 0.25) is 0 Å². The Morgan fingerprint density at radius 2 is 2.07 bits per heavy atom. The largest absolute Gasteiger partial charge is 0.503 e. The molecule has 1 atom stereocenters. The number of Topliss-reactive ketones (excluding diaryl/α,β-unsaturated/α-hetero) is 1. The van der Waals surface area contributed by atoms with Gasteiger partial charge in [-0.2, -0.15) is 0 Å². The zero-order valence-electron chi connectivity index (χ0n) is 17.0. The molecule has 0 radical (unpaired) electrons. The number of amides is 1. The molecule has 0 saturated carbocycles. The number of aliphatic hydroxyl groups is 1. The maximum atomic E-state index is 13.1. The van der Waals surface area contributed by atoms with Crippen LogP contribution < -0.4 is 9.64 Å². The number of thiazole rings is 1. The molecule has 1 aliphatic heterocycles. The predicted molar refractivity (Wildman–Crippen MR) is 115 cm³/mol. The minimum absolute atomic E-state index is 0.0571. The van der Waals surface area contributed by atoms with E-state index in [1.165, 1.54) is 16.2 Å². The molecular weight excluding hydrogens is 402 g/mol. The van der Waals surface area contributed by atoms with Crippen molar-refractivity contribution < 1.29 is 19.4 Å². The quantitative estimate of drug-likeness (QED) is 0.663. The molecule has 1 unspecified atom stereocenters. The van der Waals surface area contributed by atoms with E-state index in [0.29, 0.717) is 16.3 Å². The smallest absolute Gasteiger partial charge is 0.296 e. The highest BCUT2D eigenvalue weighted by Gasteiger charge is 2.46. The molecule has 30 heavy (non-hydrogen) atoms. The normalized spacial score (nSPS) is 16.8. The van der Waals surface area contributed by atoms with E-state index in [0.717, 1.165) is 16.0 Å². The van der Waals surface area contributed by atoms with Gasteiger partial charge in [-0.15, -0.1) is 0 Å². The van der Waals surface area contributed by atoms with Crippen LogP contribution >= 0.6 is 11.3 Å².